The Labute approximate surface area is 192 Å². The minimum Gasteiger partial charge on any atom is -0.482 e. The van der Waals surface area contributed by atoms with E-state index < -0.39 is 12.3 Å². The van der Waals surface area contributed by atoms with Crippen LogP contribution in [0.3, 0.4) is 0 Å². The molecule has 0 saturated carbocycles. The fourth-order valence-corrected chi connectivity index (χ4v) is 4.90. The van der Waals surface area contributed by atoms with Crippen molar-refractivity contribution in [2.24, 2.45) is 0 Å². The quantitative estimate of drug-likeness (QED) is 0.475. The summed E-state index contributed by atoms with van der Waals surface area (Å²) in [6.45, 7) is 0.358. The minimum absolute atomic E-state index is 0.234. The van der Waals surface area contributed by atoms with Crippen LogP contribution in [0.5, 0.6) is 11.5 Å². The third kappa shape index (κ3) is 6.49. The van der Waals surface area contributed by atoms with Gasteiger partial charge in [0.05, 0.1) is 0 Å². The van der Waals surface area contributed by atoms with Crippen LogP contribution in [-0.4, -0.2) is 30.1 Å². The van der Waals surface area contributed by atoms with Crippen molar-refractivity contribution >= 4 is 17.3 Å². The Hall–Kier alpha value is -3.04. The topological polar surface area (TPSA) is 67.8 Å². The minimum atomic E-state index is -4.70. The summed E-state index contributed by atoms with van der Waals surface area (Å²) < 4.78 is 46.2. The molecule has 4 rings (SSSR count). The Morgan fingerprint density at radius 3 is 2.55 bits per heavy atom. The van der Waals surface area contributed by atoms with Crippen LogP contribution in [0.25, 0.3) is 10.4 Å². The number of hydrogen-bond acceptors (Lipinski definition) is 5. The number of nitrogens with one attached hydrogen (secondary N) is 1. The largest absolute Gasteiger partial charge is 0.573 e. The summed E-state index contributed by atoms with van der Waals surface area (Å²) in [5.41, 5.74) is 3.17. The van der Waals surface area contributed by atoms with Gasteiger partial charge in [-0.25, -0.2) is 4.79 Å². The number of fused-ring (bicyclic) bond motifs is 1. The molecule has 0 spiro atoms. The summed E-state index contributed by atoms with van der Waals surface area (Å²) in [7, 11) is 0. The van der Waals surface area contributed by atoms with Gasteiger partial charge in [-0.05, 0) is 84.5 Å². The van der Waals surface area contributed by atoms with E-state index in [2.05, 4.69) is 16.1 Å². The van der Waals surface area contributed by atoms with E-state index in [0.29, 0.717) is 5.75 Å². The number of hydrogen-bond donors (Lipinski definition) is 2. The van der Waals surface area contributed by atoms with Crippen LogP contribution in [-0.2, 0) is 24.2 Å². The summed E-state index contributed by atoms with van der Waals surface area (Å²) in [4.78, 5) is 12.9. The number of thiophene rings is 1. The first-order valence-corrected chi connectivity index (χ1v) is 11.2. The van der Waals surface area contributed by atoms with Crippen LogP contribution in [0.2, 0.25) is 0 Å². The summed E-state index contributed by atoms with van der Waals surface area (Å²) >= 11 is 1.62. The number of aliphatic carboxylic acids is 1. The van der Waals surface area contributed by atoms with E-state index in [-0.39, 0.29) is 18.4 Å². The van der Waals surface area contributed by atoms with E-state index in [9.17, 15) is 18.0 Å². The van der Waals surface area contributed by atoms with Crippen LogP contribution >= 0.6 is 11.3 Å². The van der Waals surface area contributed by atoms with Crippen molar-refractivity contribution in [2.45, 2.75) is 38.2 Å². The first-order valence-electron chi connectivity index (χ1n) is 10.4. The molecule has 3 aromatic rings. The maximum atomic E-state index is 12.3. The van der Waals surface area contributed by atoms with Crippen LogP contribution in [0, 0.1) is 0 Å². The maximum Gasteiger partial charge on any atom is 0.573 e. The van der Waals surface area contributed by atoms with Crippen molar-refractivity contribution < 1.29 is 32.5 Å². The zero-order valence-electron chi connectivity index (χ0n) is 17.5. The van der Waals surface area contributed by atoms with Gasteiger partial charge in [0.25, 0.3) is 0 Å². The maximum absolute atomic E-state index is 12.3. The molecule has 0 fully saturated rings. The van der Waals surface area contributed by atoms with Crippen LogP contribution in [0.4, 0.5) is 13.2 Å². The van der Waals surface area contributed by atoms with Gasteiger partial charge in [-0.15, -0.1) is 24.5 Å². The van der Waals surface area contributed by atoms with Gasteiger partial charge in [0.2, 0.25) is 0 Å². The molecule has 0 saturated heterocycles. The van der Waals surface area contributed by atoms with Gasteiger partial charge in [-0.2, -0.15) is 0 Å². The van der Waals surface area contributed by atoms with Gasteiger partial charge in [0.15, 0.2) is 6.61 Å². The van der Waals surface area contributed by atoms with Crippen LogP contribution in [0.15, 0.2) is 54.6 Å². The lowest BCUT2D eigenvalue weighted by molar-refractivity contribution is -0.274. The summed E-state index contributed by atoms with van der Waals surface area (Å²) in [6, 6.07) is 15.9. The lowest BCUT2D eigenvalue weighted by Crippen LogP contribution is -2.29. The van der Waals surface area contributed by atoms with Gasteiger partial charge in [0.1, 0.15) is 11.5 Å². The molecule has 0 amide bonds. The van der Waals surface area contributed by atoms with Crippen molar-refractivity contribution in [3.63, 3.8) is 0 Å². The highest BCUT2D eigenvalue weighted by molar-refractivity contribution is 7.15. The molecular weight excluding hydrogens is 455 g/mol. The molecule has 2 aromatic carbocycles. The average molecular weight is 478 g/mol. The lowest BCUT2D eigenvalue weighted by atomic mass is 10.0. The highest BCUT2D eigenvalue weighted by Gasteiger charge is 2.31. The number of carboxylic acids is 1. The predicted octanol–water partition coefficient (Wildman–Crippen LogP) is 5.42. The fraction of sp³-hybridized carbons (Fsp3) is 0.292. The van der Waals surface area contributed by atoms with Crippen molar-refractivity contribution in [1.82, 2.24) is 5.32 Å². The lowest BCUT2D eigenvalue weighted by Gasteiger charge is -2.14. The van der Waals surface area contributed by atoms with E-state index in [1.165, 1.54) is 22.6 Å². The Kier molecular flexibility index (Phi) is 6.90. The molecule has 1 unspecified atom stereocenters. The third-order valence-corrected chi connectivity index (χ3v) is 6.52. The van der Waals surface area contributed by atoms with E-state index in [0.717, 1.165) is 41.8 Å². The van der Waals surface area contributed by atoms with Gasteiger partial charge in [-0.3, -0.25) is 0 Å². The van der Waals surface area contributed by atoms with Gasteiger partial charge < -0.3 is 19.9 Å². The normalized spacial score (nSPS) is 16.0. The molecule has 2 N–H and O–H groups in total. The molecule has 174 valence electrons. The molecule has 1 atom stereocenters. The molecule has 9 heteroatoms. The molecular formula is C24H22F3NO4S. The number of halogens is 3. The number of carboxylic acid groups (broad SMARTS) is 1. The summed E-state index contributed by atoms with van der Waals surface area (Å²) in [6.07, 6.45) is -2.07. The molecule has 0 radical (unpaired) electrons. The molecule has 0 bridgehead atoms. The highest BCUT2D eigenvalue weighted by Crippen LogP contribution is 2.32. The van der Waals surface area contributed by atoms with Crippen molar-refractivity contribution in [3.8, 4) is 21.9 Å². The average Bonchev–Trinajstić information content (AvgIpc) is 3.13. The number of alkyl halides is 3. The number of carbonyl (C=O) groups is 1. The van der Waals surface area contributed by atoms with Crippen LogP contribution < -0.4 is 14.8 Å². The van der Waals surface area contributed by atoms with E-state index in [4.69, 9.17) is 9.84 Å². The Morgan fingerprint density at radius 2 is 1.82 bits per heavy atom. The molecule has 1 aromatic heterocycles. The van der Waals surface area contributed by atoms with Crippen molar-refractivity contribution in [2.75, 3.05) is 6.61 Å². The highest BCUT2D eigenvalue weighted by atomic mass is 32.1. The molecule has 1 aliphatic rings. The number of ether oxygens (including phenoxy) is 2. The monoisotopic (exact) mass is 477 g/mol. The number of aryl methyl sites for hydroxylation is 1. The summed E-state index contributed by atoms with van der Waals surface area (Å²) in [5, 5.41) is 12.4. The molecule has 1 aliphatic heterocycles. The van der Waals surface area contributed by atoms with Crippen LogP contribution in [0.1, 0.15) is 22.4 Å². The zero-order chi connectivity index (χ0) is 23.4. The first kappa shape index (κ1) is 23.1. The number of benzene rings is 2. The van der Waals surface area contributed by atoms with E-state index in [1.807, 2.05) is 18.2 Å². The van der Waals surface area contributed by atoms with Gasteiger partial charge in [0, 0.05) is 22.3 Å². The molecule has 0 aliphatic carbocycles. The third-order valence-electron chi connectivity index (χ3n) is 5.37. The van der Waals surface area contributed by atoms with E-state index >= 15 is 0 Å². The van der Waals surface area contributed by atoms with Gasteiger partial charge in [-0.1, -0.05) is 6.07 Å². The first-order chi connectivity index (χ1) is 15.7. The number of rotatable bonds is 7. The second-order valence-corrected chi connectivity index (χ2v) is 8.94. The van der Waals surface area contributed by atoms with E-state index in [1.54, 1.807) is 29.5 Å². The molecule has 5 nitrogen and oxygen atoms in total. The molecule has 2 heterocycles. The second kappa shape index (κ2) is 9.84. The predicted molar refractivity (Wildman–Crippen MR) is 119 cm³/mol. The standard InChI is InChI=1S/C24H22F3NO4S/c25-24(26,27)32-19-6-2-15(3-7-19)22-10-9-21(33-22)12-18-5-1-16-11-20(31-14-23(29)30)8-4-17(16)13-28-18/h2-4,6-11,18,28H,1,5,12-14H2,(H,29,30). The second-order valence-electron chi connectivity index (χ2n) is 7.77. The van der Waals surface area contributed by atoms with Crippen molar-refractivity contribution in [3.05, 3.63) is 70.6 Å². The van der Waals surface area contributed by atoms with Gasteiger partial charge >= 0.3 is 12.3 Å². The zero-order valence-corrected chi connectivity index (χ0v) is 18.3. The van der Waals surface area contributed by atoms with Crippen molar-refractivity contribution in [1.29, 1.82) is 0 Å². The fourth-order valence-electron chi connectivity index (χ4n) is 3.81. The Morgan fingerprint density at radius 1 is 1.06 bits per heavy atom. The summed E-state index contributed by atoms with van der Waals surface area (Å²) in [5.74, 6) is -0.682. The molecule has 33 heavy (non-hydrogen) atoms. The Bertz CT molecular complexity index is 1110. The SMILES string of the molecule is O=C(O)COc1ccc2c(c1)CCC(Cc1ccc(-c3ccc(OC(F)(F)F)cc3)s1)NC2. The Balaban J connectivity index is 1.36. The smallest absolute Gasteiger partial charge is 0.482 e.